The van der Waals surface area contributed by atoms with E-state index in [2.05, 4.69) is 25.7 Å². The zero-order valence-corrected chi connectivity index (χ0v) is 20.4. The van der Waals surface area contributed by atoms with Crippen molar-refractivity contribution < 1.29 is 9.53 Å². The topological polar surface area (TPSA) is 97.2 Å². The van der Waals surface area contributed by atoms with Crippen LogP contribution in [0.5, 0.6) is 5.75 Å². The molecule has 9 heteroatoms. The van der Waals surface area contributed by atoms with Gasteiger partial charge in [0.15, 0.2) is 11.0 Å². The summed E-state index contributed by atoms with van der Waals surface area (Å²) in [5, 5.41) is 14.6. The second-order valence-electron chi connectivity index (χ2n) is 7.81. The fourth-order valence-electron chi connectivity index (χ4n) is 3.77. The average Bonchev–Trinajstić information content (AvgIpc) is 3.53. The number of rotatable bonds is 9. The summed E-state index contributed by atoms with van der Waals surface area (Å²) in [5.74, 6) is 1.38. The molecule has 0 radical (unpaired) electrons. The van der Waals surface area contributed by atoms with E-state index in [4.69, 9.17) is 4.74 Å². The van der Waals surface area contributed by atoms with E-state index in [0.29, 0.717) is 17.6 Å². The number of amides is 1. The summed E-state index contributed by atoms with van der Waals surface area (Å²) in [6.07, 6.45) is 3.50. The number of hydrazone groups is 1. The predicted octanol–water partition coefficient (Wildman–Crippen LogP) is 5.06. The van der Waals surface area contributed by atoms with Gasteiger partial charge in [-0.25, -0.2) is 5.43 Å². The highest BCUT2D eigenvalue weighted by Crippen LogP contribution is 2.28. The normalized spacial score (nSPS) is 11.2. The Balaban J connectivity index is 1.32. The van der Waals surface area contributed by atoms with Crippen LogP contribution in [0.15, 0.2) is 95.3 Å². The summed E-state index contributed by atoms with van der Waals surface area (Å²) in [7, 11) is 0. The van der Waals surface area contributed by atoms with E-state index >= 15 is 0 Å². The minimum atomic E-state index is -0.237. The highest BCUT2D eigenvalue weighted by Gasteiger charge is 2.17. The Hall–Kier alpha value is -4.37. The van der Waals surface area contributed by atoms with E-state index in [1.807, 2.05) is 96.6 Å². The Morgan fingerprint density at radius 1 is 1.06 bits per heavy atom. The summed E-state index contributed by atoms with van der Waals surface area (Å²) in [6.45, 7) is 2.55. The summed E-state index contributed by atoms with van der Waals surface area (Å²) < 4.78 is 7.52. The van der Waals surface area contributed by atoms with Gasteiger partial charge in [0.1, 0.15) is 5.75 Å². The molecule has 0 aliphatic carbocycles. The van der Waals surface area contributed by atoms with E-state index in [1.165, 1.54) is 11.8 Å². The zero-order valence-electron chi connectivity index (χ0n) is 19.6. The quantitative estimate of drug-likeness (QED) is 0.169. The molecule has 0 saturated heterocycles. The highest BCUT2D eigenvalue weighted by molar-refractivity contribution is 7.99. The molecule has 5 aromatic rings. The fraction of sp³-hybridized carbons (Fsp3) is 0.111. The standard InChI is InChI=1S/C27H24N6O2S/c1-2-35-22-14-12-21(13-15-22)33-26(19-8-4-3-5-9-19)31-32-27(33)36-18-25(34)30-29-17-20-16-28-24-11-7-6-10-23(20)24/h3-17,28H,2,18H2,1H3,(H,30,34)/b29-17-. The number of nitrogens with zero attached hydrogens (tertiary/aromatic N) is 4. The molecule has 1 amide bonds. The third-order valence-electron chi connectivity index (χ3n) is 5.42. The highest BCUT2D eigenvalue weighted by atomic mass is 32.2. The van der Waals surface area contributed by atoms with Gasteiger partial charge in [-0.1, -0.05) is 60.3 Å². The monoisotopic (exact) mass is 496 g/mol. The van der Waals surface area contributed by atoms with E-state index in [0.717, 1.165) is 33.5 Å². The Morgan fingerprint density at radius 3 is 2.64 bits per heavy atom. The van der Waals surface area contributed by atoms with Crippen molar-refractivity contribution in [3.63, 3.8) is 0 Å². The zero-order chi connectivity index (χ0) is 24.7. The lowest BCUT2D eigenvalue weighted by Crippen LogP contribution is -2.20. The first kappa shape index (κ1) is 23.4. The van der Waals surface area contributed by atoms with E-state index in [1.54, 1.807) is 6.21 Å². The van der Waals surface area contributed by atoms with Crippen molar-refractivity contribution in [1.82, 2.24) is 25.2 Å². The molecular formula is C27H24N6O2S. The number of carbonyl (C=O) groups is 1. The predicted molar refractivity (Wildman–Crippen MR) is 143 cm³/mol. The number of carbonyl (C=O) groups excluding carboxylic acids is 1. The van der Waals surface area contributed by atoms with Gasteiger partial charge in [-0.05, 0) is 37.3 Å². The van der Waals surface area contributed by atoms with Crippen LogP contribution < -0.4 is 10.2 Å². The molecule has 0 aliphatic rings. The Morgan fingerprint density at radius 2 is 1.83 bits per heavy atom. The maximum absolute atomic E-state index is 12.5. The summed E-state index contributed by atoms with van der Waals surface area (Å²) in [6, 6.07) is 25.5. The van der Waals surface area contributed by atoms with Gasteiger partial charge < -0.3 is 9.72 Å². The molecule has 0 bridgehead atoms. The second-order valence-corrected chi connectivity index (χ2v) is 8.75. The Labute approximate surface area is 212 Å². The molecule has 3 aromatic carbocycles. The van der Waals surface area contributed by atoms with Crippen LogP contribution in [0.4, 0.5) is 0 Å². The molecular weight excluding hydrogens is 472 g/mol. The molecule has 0 unspecified atom stereocenters. The Kier molecular flexibility index (Phi) is 7.09. The molecule has 2 aromatic heterocycles. The number of hydrogen-bond donors (Lipinski definition) is 2. The SMILES string of the molecule is CCOc1ccc(-n2c(SCC(=O)N/N=C\c3c[nH]c4ccccc34)nnc2-c2ccccc2)cc1. The van der Waals surface area contributed by atoms with E-state index < -0.39 is 0 Å². The molecule has 0 spiro atoms. The largest absolute Gasteiger partial charge is 0.494 e. The van der Waals surface area contributed by atoms with Crippen molar-refractivity contribution in [1.29, 1.82) is 0 Å². The number of fused-ring (bicyclic) bond motifs is 1. The molecule has 36 heavy (non-hydrogen) atoms. The summed E-state index contributed by atoms with van der Waals surface area (Å²) in [4.78, 5) is 15.7. The van der Waals surface area contributed by atoms with Crippen LogP contribution in [-0.4, -0.2) is 44.2 Å². The van der Waals surface area contributed by atoms with Gasteiger partial charge in [0.2, 0.25) is 0 Å². The molecule has 0 aliphatic heterocycles. The van der Waals surface area contributed by atoms with Crippen LogP contribution >= 0.6 is 11.8 Å². The molecule has 8 nitrogen and oxygen atoms in total. The molecule has 0 atom stereocenters. The minimum Gasteiger partial charge on any atom is -0.494 e. The minimum absolute atomic E-state index is 0.134. The van der Waals surface area contributed by atoms with Crippen molar-refractivity contribution in [3.8, 4) is 22.8 Å². The van der Waals surface area contributed by atoms with Gasteiger partial charge in [-0.15, -0.1) is 10.2 Å². The number of thioether (sulfide) groups is 1. The summed E-state index contributed by atoms with van der Waals surface area (Å²) in [5.41, 5.74) is 6.32. The molecule has 2 heterocycles. The maximum atomic E-state index is 12.5. The van der Waals surface area contributed by atoms with Crippen molar-refractivity contribution in [3.05, 3.63) is 90.6 Å². The maximum Gasteiger partial charge on any atom is 0.250 e. The van der Waals surface area contributed by atoms with E-state index in [9.17, 15) is 4.79 Å². The van der Waals surface area contributed by atoms with Crippen LogP contribution in [0, 0.1) is 0 Å². The van der Waals surface area contributed by atoms with Gasteiger partial charge in [-0.2, -0.15) is 5.10 Å². The Bertz CT molecular complexity index is 1490. The van der Waals surface area contributed by atoms with Crippen LogP contribution in [0.25, 0.3) is 28.0 Å². The first-order chi connectivity index (χ1) is 17.7. The molecule has 0 saturated carbocycles. The van der Waals surface area contributed by atoms with Gasteiger partial charge in [-0.3, -0.25) is 9.36 Å². The van der Waals surface area contributed by atoms with Crippen LogP contribution in [-0.2, 0) is 4.79 Å². The second kappa shape index (κ2) is 10.9. The molecule has 5 rings (SSSR count). The van der Waals surface area contributed by atoms with Crippen molar-refractivity contribution >= 4 is 34.8 Å². The lowest BCUT2D eigenvalue weighted by Gasteiger charge is -2.11. The van der Waals surface area contributed by atoms with Gasteiger partial charge in [0.25, 0.3) is 5.91 Å². The van der Waals surface area contributed by atoms with Crippen LogP contribution in [0.2, 0.25) is 0 Å². The number of ether oxygens (including phenoxy) is 1. The number of nitrogens with one attached hydrogen (secondary N) is 2. The van der Waals surface area contributed by atoms with Crippen LogP contribution in [0.1, 0.15) is 12.5 Å². The third-order valence-corrected chi connectivity index (χ3v) is 6.35. The first-order valence-corrected chi connectivity index (χ1v) is 12.5. The van der Waals surface area contributed by atoms with Gasteiger partial charge in [0.05, 0.1) is 18.6 Å². The number of aromatic amines is 1. The molecule has 180 valence electrons. The van der Waals surface area contributed by atoms with Crippen LogP contribution in [0.3, 0.4) is 0 Å². The number of benzene rings is 3. The average molecular weight is 497 g/mol. The lowest BCUT2D eigenvalue weighted by molar-refractivity contribution is -0.118. The lowest BCUT2D eigenvalue weighted by atomic mass is 10.2. The third kappa shape index (κ3) is 5.16. The van der Waals surface area contributed by atoms with Gasteiger partial charge in [0, 0.05) is 33.9 Å². The van der Waals surface area contributed by atoms with Crippen molar-refractivity contribution in [2.75, 3.05) is 12.4 Å². The smallest absolute Gasteiger partial charge is 0.250 e. The van der Waals surface area contributed by atoms with Crippen molar-refractivity contribution in [2.24, 2.45) is 5.10 Å². The number of hydrogen-bond acceptors (Lipinski definition) is 6. The summed E-state index contributed by atoms with van der Waals surface area (Å²) >= 11 is 1.30. The number of para-hydroxylation sites is 1. The fourth-order valence-corrected chi connectivity index (χ4v) is 4.51. The van der Waals surface area contributed by atoms with Gasteiger partial charge >= 0.3 is 0 Å². The molecule has 0 fully saturated rings. The van der Waals surface area contributed by atoms with Crippen molar-refractivity contribution in [2.45, 2.75) is 12.1 Å². The number of H-pyrrole nitrogens is 1. The molecule has 2 N–H and O–H groups in total. The first-order valence-electron chi connectivity index (χ1n) is 11.5. The number of aromatic nitrogens is 4. The van der Waals surface area contributed by atoms with E-state index in [-0.39, 0.29) is 11.7 Å².